The number of hydrogen-bond donors (Lipinski definition) is 1. The normalized spacial score (nSPS) is 15.9. The first kappa shape index (κ1) is 20.8. The summed E-state index contributed by atoms with van der Waals surface area (Å²) >= 11 is 1.32. The standard InChI is InChI=1S/C23H23FN4O3S/c1-14(15-6-9-19-20(12-15)31-11-10-30-19)25-21(29)13-32-23-27-26-22(28(23)16-7-8-16)17-4-2-3-5-18(17)24/h2-6,9,12,14,16H,7-8,10-11,13H2,1H3,(H,25,29)/t14-/m0/s1. The second kappa shape index (κ2) is 8.82. The van der Waals surface area contributed by atoms with Gasteiger partial charge in [-0.05, 0) is 49.6 Å². The maximum absolute atomic E-state index is 14.3. The number of ether oxygens (including phenoxy) is 2. The number of hydrogen-bond acceptors (Lipinski definition) is 6. The molecule has 1 aliphatic heterocycles. The number of nitrogens with one attached hydrogen (secondary N) is 1. The van der Waals surface area contributed by atoms with Crippen molar-refractivity contribution in [2.24, 2.45) is 0 Å². The summed E-state index contributed by atoms with van der Waals surface area (Å²) in [4.78, 5) is 12.6. The summed E-state index contributed by atoms with van der Waals surface area (Å²) in [5.74, 6) is 1.68. The monoisotopic (exact) mass is 454 g/mol. The van der Waals surface area contributed by atoms with Gasteiger partial charge in [-0.1, -0.05) is 30.0 Å². The lowest BCUT2D eigenvalue weighted by atomic mass is 10.1. The Bertz CT molecular complexity index is 1150. The molecular weight excluding hydrogens is 431 g/mol. The summed E-state index contributed by atoms with van der Waals surface area (Å²) in [6.07, 6.45) is 2.00. The summed E-state index contributed by atoms with van der Waals surface area (Å²) in [5.41, 5.74) is 1.37. The zero-order valence-corrected chi connectivity index (χ0v) is 18.4. The molecule has 0 spiro atoms. The van der Waals surface area contributed by atoms with Crippen molar-refractivity contribution in [3.05, 3.63) is 53.8 Å². The largest absolute Gasteiger partial charge is 0.486 e. The smallest absolute Gasteiger partial charge is 0.230 e. The second-order valence-electron chi connectivity index (χ2n) is 7.87. The molecule has 5 rings (SSSR count). The first-order chi connectivity index (χ1) is 15.6. The lowest BCUT2D eigenvalue weighted by Gasteiger charge is -2.21. The number of fused-ring (bicyclic) bond motifs is 1. The van der Waals surface area contributed by atoms with E-state index in [9.17, 15) is 9.18 Å². The van der Waals surface area contributed by atoms with E-state index < -0.39 is 0 Å². The molecule has 1 saturated carbocycles. The third kappa shape index (κ3) is 4.29. The van der Waals surface area contributed by atoms with E-state index in [1.54, 1.807) is 18.2 Å². The summed E-state index contributed by atoms with van der Waals surface area (Å²) in [6.45, 7) is 2.99. The Balaban J connectivity index is 1.25. The average Bonchev–Trinajstić information content (AvgIpc) is 3.56. The number of aromatic nitrogens is 3. The Morgan fingerprint density at radius 2 is 1.97 bits per heavy atom. The molecular formula is C23H23FN4O3S. The molecule has 1 fully saturated rings. The molecule has 166 valence electrons. The molecule has 3 aromatic rings. The van der Waals surface area contributed by atoms with Gasteiger partial charge in [0.05, 0.1) is 17.4 Å². The fourth-order valence-electron chi connectivity index (χ4n) is 3.69. The van der Waals surface area contributed by atoms with E-state index in [1.165, 1.54) is 17.8 Å². The van der Waals surface area contributed by atoms with Crippen LogP contribution in [0.2, 0.25) is 0 Å². The van der Waals surface area contributed by atoms with E-state index in [0.29, 0.717) is 35.5 Å². The molecule has 9 heteroatoms. The van der Waals surface area contributed by atoms with Crippen LogP contribution in [0.5, 0.6) is 11.5 Å². The number of carbonyl (C=O) groups excluding carboxylic acids is 1. The van der Waals surface area contributed by atoms with Crippen LogP contribution in [0.4, 0.5) is 4.39 Å². The number of benzene rings is 2. The average molecular weight is 455 g/mol. The molecule has 1 aliphatic carbocycles. The van der Waals surface area contributed by atoms with Crippen molar-refractivity contribution in [3.8, 4) is 22.9 Å². The molecule has 1 aromatic heterocycles. The topological polar surface area (TPSA) is 78.3 Å². The van der Waals surface area contributed by atoms with E-state index in [1.807, 2.05) is 29.7 Å². The molecule has 2 aliphatic rings. The van der Waals surface area contributed by atoms with Crippen molar-refractivity contribution in [2.45, 2.75) is 37.0 Å². The minimum atomic E-state index is -0.329. The van der Waals surface area contributed by atoms with Gasteiger partial charge in [0.2, 0.25) is 5.91 Å². The Morgan fingerprint density at radius 3 is 2.75 bits per heavy atom. The van der Waals surface area contributed by atoms with Gasteiger partial charge in [0.1, 0.15) is 19.0 Å². The lowest BCUT2D eigenvalue weighted by Crippen LogP contribution is -2.28. The first-order valence-electron chi connectivity index (χ1n) is 10.6. The number of halogens is 1. The van der Waals surface area contributed by atoms with Crippen molar-refractivity contribution in [1.82, 2.24) is 20.1 Å². The van der Waals surface area contributed by atoms with Crippen LogP contribution in [0, 0.1) is 5.82 Å². The highest BCUT2D eigenvalue weighted by Gasteiger charge is 2.31. The summed E-state index contributed by atoms with van der Waals surface area (Å²) < 4.78 is 27.4. The summed E-state index contributed by atoms with van der Waals surface area (Å²) in [6, 6.07) is 12.3. The highest BCUT2D eigenvalue weighted by Crippen LogP contribution is 2.41. The van der Waals surface area contributed by atoms with Crippen LogP contribution in [-0.2, 0) is 4.79 Å². The zero-order valence-electron chi connectivity index (χ0n) is 17.6. The molecule has 0 unspecified atom stereocenters. The number of thioether (sulfide) groups is 1. The van der Waals surface area contributed by atoms with Crippen molar-refractivity contribution >= 4 is 17.7 Å². The van der Waals surface area contributed by atoms with Crippen molar-refractivity contribution < 1.29 is 18.7 Å². The van der Waals surface area contributed by atoms with Crippen LogP contribution < -0.4 is 14.8 Å². The molecule has 32 heavy (non-hydrogen) atoms. The number of rotatable bonds is 7. The van der Waals surface area contributed by atoms with Crippen molar-refractivity contribution in [1.29, 1.82) is 0 Å². The molecule has 0 bridgehead atoms. The second-order valence-corrected chi connectivity index (χ2v) is 8.81. The quantitative estimate of drug-likeness (QED) is 0.540. The van der Waals surface area contributed by atoms with Crippen molar-refractivity contribution in [3.63, 3.8) is 0 Å². The number of amides is 1. The Labute approximate surface area is 189 Å². The first-order valence-corrected chi connectivity index (χ1v) is 11.6. The van der Waals surface area contributed by atoms with Gasteiger partial charge in [-0.3, -0.25) is 9.36 Å². The van der Waals surface area contributed by atoms with Gasteiger partial charge in [-0.25, -0.2) is 4.39 Å². The molecule has 7 nitrogen and oxygen atoms in total. The Kier molecular flexibility index (Phi) is 5.73. The van der Waals surface area contributed by atoms with Gasteiger partial charge in [0.25, 0.3) is 0 Å². The van der Waals surface area contributed by atoms with E-state index >= 15 is 0 Å². The van der Waals surface area contributed by atoms with Crippen LogP contribution >= 0.6 is 11.8 Å². The number of nitrogens with zero attached hydrogens (tertiary/aromatic N) is 3. The maximum atomic E-state index is 14.3. The minimum absolute atomic E-state index is 0.116. The van der Waals surface area contributed by atoms with Gasteiger partial charge >= 0.3 is 0 Å². The van der Waals surface area contributed by atoms with Gasteiger partial charge in [0.15, 0.2) is 22.5 Å². The molecule has 1 atom stereocenters. The molecule has 1 N–H and O–H groups in total. The van der Waals surface area contributed by atoms with Gasteiger partial charge in [0, 0.05) is 6.04 Å². The van der Waals surface area contributed by atoms with Crippen LogP contribution in [0.1, 0.15) is 37.4 Å². The summed E-state index contributed by atoms with van der Waals surface area (Å²) in [7, 11) is 0. The van der Waals surface area contributed by atoms with Crippen molar-refractivity contribution in [2.75, 3.05) is 19.0 Å². The lowest BCUT2D eigenvalue weighted by molar-refractivity contribution is -0.119. The number of carbonyl (C=O) groups is 1. The predicted octanol–water partition coefficient (Wildman–Crippen LogP) is 4.16. The third-order valence-corrected chi connectivity index (χ3v) is 6.41. The maximum Gasteiger partial charge on any atom is 0.230 e. The fourth-order valence-corrected chi connectivity index (χ4v) is 4.51. The molecule has 2 heterocycles. The summed E-state index contributed by atoms with van der Waals surface area (Å²) in [5, 5.41) is 12.1. The van der Waals surface area contributed by atoms with E-state index in [0.717, 1.165) is 24.2 Å². The van der Waals surface area contributed by atoms with E-state index in [-0.39, 0.29) is 29.6 Å². The van der Waals surface area contributed by atoms with Crippen LogP contribution in [0.15, 0.2) is 47.6 Å². The SMILES string of the molecule is C[C@H](NC(=O)CSc1nnc(-c2ccccc2F)n1C1CC1)c1ccc2c(c1)OCCO2. The molecule has 0 saturated heterocycles. The van der Waals surface area contributed by atoms with Crippen LogP contribution in [0.3, 0.4) is 0 Å². The zero-order chi connectivity index (χ0) is 22.1. The van der Waals surface area contributed by atoms with Gasteiger partial charge in [-0.2, -0.15) is 0 Å². The molecule has 0 radical (unpaired) electrons. The van der Waals surface area contributed by atoms with Crippen LogP contribution in [-0.4, -0.2) is 39.6 Å². The highest BCUT2D eigenvalue weighted by molar-refractivity contribution is 7.99. The molecule has 1 amide bonds. The fraction of sp³-hybridized carbons (Fsp3) is 0.348. The van der Waals surface area contributed by atoms with E-state index in [4.69, 9.17) is 9.47 Å². The van der Waals surface area contributed by atoms with E-state index in [2.05, 4.69) is 15.5 Å². The highest BCUT2D eigenvalue weighted by atomic mass is 32.2. The predicted molar refractivity (Wildman–Crippen MR) is 118 cm³/mol. The van der Waals surface area contributed by atoms with Gasteiger partial charge in [-0.15, -0.1) is 10.2 Å². The Hall–Kier alpha value is -3.07. The van der Waals surface area contributed by atoms with Crippen LogP contribution in [0.25, 0.3) is 11.4 Å². The minimum Gasteiger partial charge on any atom is -0.486 e. The van der Waals surface area contributed by atoms with Gasteiger partial charge < -0.3 is 14.8 Å². The third-order valence-electron chi connectivity index (χ3n) is 5.47. The Morgan fingerprint density at radius 1 is 1.19 bits per heavy atom. The molecule has 2 aromatic carbocycles.